The largest absolute Gasteiger partial charge is 0.352 e. The lowest BCUT2D eigenvalue weighted by atomic mass is 9.92. The molecule has 0 aromatic heterocycles. The molecule has 0 aliphatic carbocycles. The Morgan fingerprint density at radius 2 is 2.14 bits per heavy atom. The van der Waals surface area contributed by atoms with Gasteiger partial charge in [-0.25, -0.2) is 4.79 Å². The molecule has 0 radical (unpaired) electrons. The minimum atomic E-state index is -0.111. The number of carbonyl (C=O) groups is 2. The molecule has 5 heteroatoms. The predicted octanol–water partition coefficient (Wildman–Crippen LogP) is 2.38. The summed E-state index contributed by atoms with van der Waals surface area (Å²) in [6.07, 6.45) is 0.924. The van der Waals surface area contributed by atoms with E-state index in [0.717, 1.165) is 12.1 Å². The molecule has 5 nitrogen and oxygen atoms in total. The van der Waals surface area contributed by atoms with Gasteiger partial charge in [0.2, 0.25) is 0 Å². The Bertz CT molecular complexity index is 535. The normalized spacial score (nSPS) is 15.0. The fourth-order valence-electron chi connectivity index (χ4n) is 2.19. The topological polar surface area (TPSA) is 61.4 Å². The van der Waals surface area contributed by atoms with Crippen LogP contribution < -0.4 is 15.5 Å². The van der Waals surface area contributed by atoms with E-state index in [2.05, 4.69) is 31.4 Å². The average molecular weight is 289 g/mol. The van der Waals surface area contributed by atoms with Crippen LogP contribution >= 0.6 is 0 Å². The van der Waals surface area contributed by atoms with Crippen molar-refractivity contribution in [2.75, 3.05) is 24.5 Å². The Morgan fingerprint density at radius 3 is 2.76 bits per heavy atom. The highest BCUT2D eigenvalue weighted by Crippen LogP contribution is 2.19. The van der Waals surface area contributed by atoms with Gasteiger partial charge < -0.3 is 10.6 Å². The molecule has 0 unspecified atom stereocenters. The Hall–Kier alpha value is -2.04. The number of urea groups is 1. The van der Waals surface area contributed by atoms with Crippen molar-refractivity contribution in [3.05, 3.63) is 29.8 Å². The summed E-state index contributed by atoms with van der Waals surface area (Å²) in [5, 5.41) is 5.68. The molecule has 1 saturated heterocycles. The first-order valence-electron chi connectivity index (χ1n) is 7.30. The highest BCUT2D eigenvalue weighted by Gasteiger charge is 2.21. The van der Waals surface area contributed by atoms with Crippen molar-refractivity contribution in [1.29, 1.82) is 0 Å². The summed E-state index contributed by atoms with van der Waals surface area (Å²) in [5.74, 6) is -0.0966. The summed E-state index contributed by atoms with van der Waals surface area (Å²) in [6.45, 7) is 8.36. The molecule has 2 rings (SSSR count). The van der Waals surface area contributed by atoms with Gasteiger partial charge in [0.1, 0.15) is 0 Å². The van der Waals surface area contributed by atoms with E-state index in [1.54, 1.807) is 23.1 Å². The maximum atomic E-state index is 12.1. The molecule has 1 heterocycles. The van der Waals surface area contributed by atoms with Crippen LogP contribution in [-0.2, 0) is 0 Å². The number of hydrogen-bond acceptors (Lipinski definition) is 2. The van der Waals surface area contributed by atoms with Crippen molar-refractivity contribution in [2.24, 2.45) is 5.41 Å². The standard InChI is InChI=1S/C16H23N3O2/c1-16(2,3)7-8-17-14(20)12-5-4-6-13(11-12)19-10-9-18-15(19)21/h4-6,11H,7-10H2,1-3H3,(H,17,20)(H,18,21). The van der Waals surface area contributed by atoms with E-state index < -0.39 is 0 Å². The lowest BCUT2D eigenvalue weighted by molar-refractivity contribution is 0.0949. The lowest BCUT2D eigenvalue weighted by Crippen LogP contribution is -2.29. The van der Waals surface area contributed by atoms with E-state index in [4.69, 9.17) is 0 Å². The molecule has 21 heavy (non-hydrogen) atoms. The summed E-state index contributed by atoms with van der Waals surface area (Å²) in [6, 6.07) is 7.07. The van der Waals surface area contributed by atoms with E-state index in [0.29, 0.717) is 25.2 Å². The van der Waals surface area contributed by atoms with Gasteiger partial charge in [-0.3, -0.25) is 9.69 Å². The summed E-state index contributed by atoms with van der Waals surface area (Å²) in [7, 11) is 0. The molecule has 114 valence electrons. The number of hydrogen-bond donors (Lipinski definition) is 2. The SMILES string of the molecule is CC(C)(C)CCNC(=O)c1cccc(N2CCNC2=O)c1. The van der Waals surface area contributed by atoms with Crippen LogP contribution in [0.5, 0.6) is 0 Å². The van der Waals surface area contributed by atoms with Crippen LogP contribution in [0.2, 0.25) is 0 Å². The third-order valence-electron chi connectivity index (χ3n) is 3.44. The summed E-state index contributed by atoms with van der Waals surface area (Å²) in [5.41, 5.74) is 1.54. The molecule has 1 aromatic rings. The van der Waals surface area contributed by atoms with E-state index >= 15 is 0 Å². The fraction of sp³-hybridized carbons (Fsp3) is 0.500. The quantitative estimate of drug-likeness (QED) is 0.894. The lowest BCUT2D eigenvalue weighted by Gasteiger charge is -2.18. The summed E-state index contributed by atoms with van der Waals surface area (Å²) in [4.78, 5) is 25.4. The molecule has 1 aliphatic rings. The van der Waals surface area contributed by atoms with Crippen LogP contribution in [0.4, 0.5) is 10.5 Å². The number of rotatable bonds is 4. The molecular weight excluding hydrogens is 266 g/mol. The van der Waals surface area contributed by atoms with Crippen LogP contribution in [0.15, 0.2) is 24.3 Å². The van der Waals surface area contributed by atoms with Gasteiger partial charge >= 0.3 is 6.03 Å². The minimum absolute atomic E-state index is 0.0966. The van der Waals surface area contributed by atoms with Crippen LogP contribution in [0.25, 0.3) is 0 Å². The first-order valence-corrected chi connectivity index (χ1v) is 7.30. The number of benzene rings is 1. The molecule has 1 aromatic carbocycles. The van der Waals surface area contributed by atoms with E-state index in [9.17, 15) is 9.59 Å². The zero-order valence-electron chi connectivity index (χ0n) is 12.9. The van der Waals surface area contributed by atoms with Gasteiger partial charge in [-0.05, 0) is 30.0 Å². The van der Waals surface area contributed by atoms with E-state index in [-0.39, 0.29) is 17.4 Å². The second kappa shape index (κ2) is 6.16. The summed E-state index contributed by atoms with van der Waals surface area (Å²) < 4.78 is 0. The predicted molar refractivity (Wildman–Crippen MR) is 83.6 cm³/mol. The molecule has 0 saturated carbocycles. The van der Waals surface area contributed by atoms with Crippen molar-refractivity contribution >= 4 is 17.6 Å². The van der Waals surface area contributed by atoms with Crippen molar-refractivity contribution < 1.29 is 9.59 Å². The van der Waals surface area contributed by atoms with Crippen LogP contribution in [0.1, 0.15) is 37.6 Å². The van der Waals surface area contributed by atoms with Gasteiger partial charge in [-0.2, -0.15) is 0 Å². The Balaban J connectivity index is 2.00. The zero-order valence-corrected chi connectivity index (χ0v) is 12.9. The number of carbonyl (C=O) groups excluding carboxylic acids is 2. The Morgan fingerprint density at radius 1 is 1.38 bits per heavy atom. The van der Waals surface area contributed by atoms with E-state index in [1.165, 1.54) is 0 Å². The van der Waals surface area contributed by atoms with Crippen molar-refractivity contribution in [3.63, 3.8) is 0 Å². The first kappa shape index (κ1) is 15.4. The molecule has 0 atom stereocenters. The molecule has 3 amide bonds. The van der Waals surface area contributed by atoms with Gasteiger partial charge in [-0.15, -0.1) is 0 Å². The molecule has 1 fully saturated rings. The average Bonchev–Trinajstić information content (AvgIpc) is 2.83. The minimum Gasteiger partial charge on any atom is -0.352 e. The maximum Gasteiger partial charge on any atom is 0.321 e. The van der Waals surface area contributed by atoms with Crippen LogP contribution in [0.3, 0.4) is 0 Å². The number of nitrogens with one attached hydrogen (secondary N) is 2. The van der Waals surface area contributed by atoms with Crippen molar-refractivity contribution in [3.8, 4) is 0 Å². The van der Waals surface area contributed by atoms with Gasteiger partial charge in [0.25, 0.3) is 5.91 Å². The highest BCUT2D eigenvalue weighted by molar-refractivity contribution is 5.98. The number of nitrogens with zero attached hydrogens (tertiary/aromatic N) is 1. The van der Waals surface area contributed by atoms with E-state index in [1.807, 2.05) is 6.07 Å². The summed E-state index contributed by atoms with van der Waals surface area (Å²) >= 11 is 0. The zero-order chi connectivity index (χ0) is 15.5. The molecule has 0 spiro atoms. The number of anilines is 1. The molecule has 1 aliphatic heterocycles. The fourth-order valence-corrected chi connectivity index (χ4v) is 2.19. The Kier molecular flexibility index (Phi) is 4.50. The van der Waals surface area contributed by atoms with Gasteiger partial charge in [-0.1, -0.05) is 26.8 Å². The third kappa shape index (κ3) is 4.21. The smallest absolute Gasteiger partial charge is 0.321 e. The monoisotopic (exact) mass is 289 g/mol. The molecule has 0 bridgehead atoms. The third-order valence-corrected chi connectivity index (χ3v) is 3.44. The second-order valence-corrected chi connectivity index (χ2v) is 6.50. The van der Waals surface area contributed by atoms with Crippen LogP contribution in [-0.4, -0.2) is 31.6 Å². The van der Waals surface area contributed by atoms with Gasteiger partial charge in [0.05, 0.1) is 0 Å². The van der Waals surface area contributed by atoms with Gasteiger partial charge in [0.15, 0.2) is 0 Å². The molecular formula is C16H23N3O2. The van der Waals surface area contributed by atoms with Crippen molar-refractivity contribution in [1.82, 2.24) is 10.6 Å². The van der Waals surface area contributed by atoms with Gasteiger partial charge in [0, 0.05) is 30.9 Å². The molecule has 2 N–H and O–H groups in total. The second-order valence-electron chi connectivity index (χ2n) is 6.50. The van der Waals surface area contributed by atoms with Crippen LogP contribution in [0, 0.1) is 5.41 Å². The first-order chi connectivity index (χ1) is 9.87. The van der Waals surface area contributed by atoms with Crippen molar-refractivity contribution in [2.45, 2.75) is 27.2 Å². The highest BCUT2D eigenvalue weighted by atomic mass is 16.2. The number of amides is 3. The Labute approximate surface area is 125 Å². The maximum absolute atomic E-state index is 12.1.